The molecule has 1 fully saturated rings. The summed E-state index contributed by atoms with van der Waals surface area (Å²) in [5, 5.41) is 10.4. The number of aliphatic imine (C=N–C) groups is 1. The number of hydrogen-bond donors (Lipinski definition) is 1. The zero-order valence-corrected chi connectivity index (χ0v) is 11.9. The molecule has 2 rings (SSSR count). The predicted octanol–water partition coefficient (Wildman–Crippen LogP) is 3.26. The van der Waals surface area contributed by atoms with Gasteiger partial charge in [-0.3, -0.25) is 0 Å². The minimum atomic E-state index is -0.877. The van der Waals surface area contributed by atoms with Gasteiger partial charge in [0.25, 0.3) is 0 Å². The highest BCUT2D eigenvalue weighted by Gasteiger charge is 2.41. The Morgan fingerprint density at radius 1 is 1.30 bits per heavy atom. The fraction of sp³-hybridized carbons (Fsp3) is 0.533. The van der Waals surface area contributed by atoms with Crippen LogP contribution in [0, 0.1) is 19.7 Å². The highest BCUT2D eigenvalue weighted by atomic mass is 19.1. The van der Waals surface area contributed by atoms with E-state index in [4.69, 9.17) is 4.74 Å². The van der Waals surface area contributed by atoms with E-state index in [2.05, 4.69) is 4.99 Å². The fourth-order valence-electron chi connectivity index (χ4n) is 3.24. The molecule has 0 aromatic heterocycles. The SMILES string of the molecule is COc1c(C)c(F)c(C)c(C2(N=C=O)CCCC2)c1O. The third-order valence-corrected chi connectivity index (χ3v) is 4.19. The van der Waals surface area contributed by atoms with Gasteiger partial charge in [-0.2, -0.15) is 4.99 Å². The maximum Gasteiger partial charge on any atom is 0.235 e. The molecule has 108 valence electrons. The number of aromatic hydroxyl groups is 1. The van der Waals surface area contributed by atoms with E-state index in [0.29, 0.717) is 24.0 Å². The number of rotatable bonds is 3. The smallest absolute Gasteiger partial charge is 0.235 e. The van der Waals surface area contributed by atoms with Crippen LogP contribution in [0.3, 0.4) is 0 Å². The van der Waals surface area contributed by atoms with E-state index in [0.717, 1.165) is 12.8 Å². The van der Waals surface area contributed by atoms with Crippen molar-refractivity contribution >= 4 is 6.08 Å². The van der Waals surface area contributed by atoms with Crippen LogP contribution >= 0.6 is 0 Å². The molecular weight excluding hydrogens is 261 g/mol. The Kier molecular flexibility index (Phi) is 3.82. The average molecular weight is 279 g/mol. The lowest BCUT2D eigenvalue weighted by Gasteiger charge is -2.27. The molecule has 20 heavy (non-hydrogen) atoms. The molecule has 1 aromatic carbocycles. The number of methoxy groups -OCH3 is 1. The maximum atomic E-state index is 14.4. The van der Waals surface area contributed by atoms with Crippen LogP contribution in [0.2, 0.25) is 0 Å². The van der Waals surface area contributed by atoms with Crippen LogP contribution in [0.1, 0.15) is 42.4 Å². The van der Waals surface area contributed by atoms with E-state index in [1.807, 2.05) is 0 Å². The fourth-order valence-corrected chi connectivity index (χ4v) is 3.24. The Morgan fingerprint density at radius 3 is 2.40 bits per heavy atom. The van der Waals surface area contributed by atoms with Gasteiger partial charge in [-0.25, -0.2) is 9.18 Å². The van der Waals surface area contributed by atoms with E-state index in [1.54, 1.807) is 19.9 Å². The summed E-state index contributed by atoms with van der Waals surface area (Å²) in [5.41, 5.74) is 0.0621. The van der Waals surface area contributed by atoms with Crippen molar-refractivity contribution < 1.29 is 19.0 Å². The standard InChI is InChI=1S/C15H18FNO3/c1-9-11(15(17-8-18)6-4-5-7-15)13(19)14(20-3)10(2)12(9)16/h19H,4-7H2,1-3H3. The lowest BCUT2D eigenvalue weighted by Crippen LogP contribution is -2.22. The largest absolute Gasteiger partial charge is 0.504 e. The zero-order valence-electron chi connectivity index (χ0n) is 11.9. The van der Waals surface area contributed by atoms with Crippen molar-refractivity contribution in [2.75, 3.05) is 7.11 Å². The van der Waals surface area contributed by atoms with Crippen molar-refractivity contribution in [1.29, 1.82) is 0 Å². The number of phenols is 1. The molecule has 1 N–H and O–H groups in total. The zero-order chi connectivity index (χ0) is 14.9. The Labute approximate surface area is 117 Å². The van der Waals surface area contributed by atoms with E-state index < -0.39 is 11.4 Å². The van der Waals surface area contributed by atoms with Gasteiger partial charge in [0.15, 0.2) is 11.5 Å². The Bertz CT molecular complexity index is 586. The summed E-state index contributed by atoms with van der Waals surface area (Å²) in [6.45, 7) is 3.15. The van der Waals surface area contributed by atoms with E-state index in [9.17, 15) is 14.3 Å². The molecule has 0 unspecified atom stereocenters. The highest BCUT2D eigenvalue weighted by molar-refractivity contribution is 5.58. The molecule has 1 aliphatic rings. The van der Waals surface area contributed by atoms with Crippen molar-refractivity contribution in [3.8, 4) is 11.5 Å². The summed E-state index contributed by atoms with van der Waals surface area (Å²) in [6, 6.07) is 0. The molecule has 0 aliphatic heterocycles. The molecule has 0 heterocycles. The summed E-state index contributed by atoms with van der Waals surface area (Å²) in [7, 11) is 1.38. The van der Waals surface area contributed by atoms with Crippen LogP contribution in [0.4, 0.5) is 4.39 Å². The monoisotopic (exact) mass is 279 g/mol. The molecule has 5 heteroatoms. The second-order valence-corrected chi connectivity index (χ2v) is 5.26. The lowest BCUT2D eigenvalue weighted by molar-refractivity contribution is 0.347. The molecule has 0 atom stereocenters. The lowest BCUT2D eigenvalue weighted by atomic mass is 9.83. The second kappa shape index (κ2) is 5.25. The number of nitrogens with zero attached hydrogens (tertiary/aromatic N) is 1. The van der Waals surface area contributed by atoms with Gasteiger partial charge in [0.2, 0.25) is 6.08 Å². The maximum absolute atomic E-state index is 14.4. The second-order valence-electron chi connectivity index (χ2n) is 5.26. The van der Waals surface area contributed by atoms with Crippen LogP contribution < -0.4 is 4.74 Å². The first-order valence-electron chi connectivity index (χ1n) is 6.63. The van der Waals surface area contributed by atoms with Crippen LogP contribution in [-0.4, -0.2) is 18.3 Å². The predicted molar refractivity (Wildman–Crippen MR) is 72.4 cm³/mol. The highest BCUT2D eigenvalue weighted by Crippen LogP contribution is 2.51. The number of isocyanates is 1. The van der Waals surface area contributed by atoms with Crippen molar-refractivity contribution in [2.24, 2.45) is 4.99 Å². The first-order chi connectivity index (χ1) is 9.48. The summed E-state index contributed by atoms with van der Waals surface area (Å²) in [5.74, 6) is -0.442. The molecule has 0 radical (unpaired) electrons. The van der Waals surface area contributed by atoms with Gasteiger partial charge < -0.3 is 9.84 Å². The first-order valence-corrected chi connectivity index (χ1v) is 6.63. The molecule has 1 aliphatic carbocycles. The minimum absolute atomic E-state index is 0.107. The van der Waals surface area contributed by atoms with Gasteiger partial charge in [-0.1, -0.05) is 12.8 Å². The summed E-state index contributed by atoms with van der Waals surface area (Å²) >= 11 is 0. The number of halogens is 1. The van der Waals surface area contributed by atoms with Crippen molar-refractivity contribution in [3.05, 3.63) is 22.5 Å². The van der Waals surface area contributed by atoms with Gasteiger partial charge in [0.05, 0.1) is 7.11 Å². The normalized spacial score (nSPS) is 16.8. The topological polar surface area (TPSA) is 58.9 Å². The minimum Gasteiger partial charge on any atom is -0.504 e. The van der Waals surface area contributed by atoms with Gasteiger partial charge >= 0.3 is 0 Å². The van der Waals surface area contributed by atoms with Gasteiger partial charge in [-0.05, 0) is 32.3 Å². The van der Waals surface area contributed by atoms with Crippen molar-refractivity contribution in [3.63, 3.8) is 0 Å². The summed E-state index contributed by atoms with van der Waals surface area (Å²) in [4.78, 5) is 14.7. The van der Waals surface area contributed by atoms with Crippen LogP contribution in [0.15, 0.2) is 4.99 Å². The molecule has 0 bridgehead atoms. The first kappa shape index (κ1) is 14.5. The Morgan fingerprint density at radius 2 is 1.90 bits per heavy atom. The van der Waals surface area contributed by atoms with Gasteiger partial charge in [0, 0.05) is 11.1 Å². The summed E-state index contributed by atoms with van der Waals surface area (Å²) in [6.07, 6.45) is 4.53. The van der Waals surface area contributed by atoms with E-state index in [1.165, 1.54) is 7.11 Å². The van der Waals surface area contributed by atoms with Crippen molar-refractivity contribution in [2.45, 2.75) is 45.1 Å². The third kappa shape index (κ3) is 1.98. The molecule has 4 nitrogen and oxygen atoms in total. The average Bonchev–Trinajstić information content (AvgIpc) is 2.87. The van der Waals surface area contributed by atoms with E-state index in [-0.39, 0.29) is 17.1 Å². The molecule has 0 saturated heterocycles. The molecule has 1 saturated carbocycles. The van der Waals surface area contributed by atoms with Gasteiger partial charge in [0.1, 0.15) is 11.4 Å². The Hall–Kier alpha value is -1.87. The number of benzene rings is 1. The molecular formula is C15H18FNO3. The Balaban J connectivity index is 2.79. The quantitative estimate of drug-likeness (QED) is 0.682. The van der Waals surface area contributed by atoms with Crippen molar-refractivity contribution in [1.82, 2.24) is 0 Å². The number of phenolic OH excluding ortho intramolecular Hbond substituents is 1. The number of hydrogen-bond acceptors (Lipinski definition) is 4. The number of carbonyl (C=O) groups excluding carboxylic acids is 1. The molecule has 0 amide bonds. The van der Waals surface area contributed by atoms with Gasteiger partial charge in [-0.15, -0.1) is 0 Å². The van der Waals surface area contributed by atoms with Crippen LogP contribution in [-0.2, 0) is 10.3 Å². The third-order valence-electron chi connectivity index (χ3n) is 4.19. The molecule has 1 aromatic rings. The van der Waals surface area contributed by atoms with Crippen LogP contribution in [0.25, 0.3) is 0 Å². The van der Waals surface area contributed by atoms with Crippen LogP contribution in [0.5, 0.6) is 11.5 Å². The molecule has 0 spiro atoms. The van der Waals surface area contributed by atoms with E-state index >= 15 is 0 Å². The summed E-state index contributed by atoms with van der Waals surface area (Å²) < 4.78 is 19.5. The number of ether oxygens (including phenoxy) is 1.